The highest BCUT2D eigenvalue weighted by atomic mass is 16.2. The third-order valence-electron chi connectivity index (χ3n) is 6.67. The summed E-state index contributed by atoms with van der Waals surface area (Å²) in [6, 6.07) is 16.6. The van der Waals surface area contributed by atoms with Gasteiger partial charge < -0.3 is 14.9 Å². The van der Waals surface area contributed by atoms with Gasteiger partial charge >= 0.3 is 0 Å². The van der Waals surface area contributed by atoms with Gasteiger partial charge in [-0.2, -0.15) is 0 Å². The molecule has 1 saturated carbocycles. The first-order valence-corrected chi connectivity index (χ1v) is 11.9. The van der Waals surface area contributed by atoms with E-state index in [9.17, 15) is 4.79 Å². The molecule has 1 atom stereocenters. The summed E-state index contributed by atoms with van der Waals surface area (Å²) in [5.41, 5.74) is 4.04. The van der Waals surface area contributed by atoms with Crippen molar-refractivity contribution in [2.45, 2.75) is 64.5 Å². The van der Waals surface area contributed by atoms with Crippen LogP contribution in [0.25, 0.3) is 33.3 Å². The number of imidazole rings is 1. The zero-order valence-corrected chi connectivity index (χ0v) is 19.0. The molecule has 1 aliphatic rings. The van der Waals surface area contributed by atoms with Crippen LogP contribution in [0.4, 0.5) is 0 Å². The maximum Gasteiger partial charge on any atom is 0.243 e. The van der Waals surface area contributed by atoms with E-state index in [0.717, 1.165) is 47.2 Å². The molecule has 32 heavy (non-hydrogen) atoms. The maximum absolute atomic E-state index is 13.7. The minimum atomic E-state index is -0.293. The number of aromatic amines is 1. The number of hydrogen-bond acceptors (Lipinski definition) is 2. The van der Waals surface area contributed by atoms with Crippen LogP contribution in [0.2, 0.25) is 0 Å². The number of nitrogens with zero attached hydrogens (tertiary/aromatic N) is 2. The number of rotatable bonds is 6. The second-order valence-corrected chi connectivity index (χ2v) is 9.56. The number of para-hydroxylation sites is 2. The van der Waals surface area contributed by atoms with Crippen molar-refractivity contribution in [3.8, 4) is 11.4 Å². The summed E-state index contributed by atoms with van der Waals surface area (Å²) in [5.74, 6) is 1.36. The summed E-state index contributed by atoms with van der Waals surface area (Å²) in [5, 5.41) is 4.56. The van der Waals surface area contributed by atoms with Crippen LogP contribution in [0, 0.1) is 5.92 Å². The number of benzene rings is 2. The monoisotopic (exact) mass is 428 g/mol. The van der Waals surface area contributed by atoms with Gasteiger partial charge in [-0.25, -0.2) is 4.98 Å². The molecular weight excluding hydrogens is 396 g/mol. The fourth-order valence-electron chi connectivity index (χ4n) is 5.07. The second-order valence-electron chi connectivity index (χ2n) is 9.56. The zero-order valence-electron chi connectivity index (χ0n) is 19.0. The van der Waals surface area contributed by atoms with Crippen LogP contribution in [0.15, 0.2) is 54.7 Å². The van der Waals surface area contributed by atoms with Crippen LogP contribution in [-0.2, 0) is 4.79 Å². The number of H-pyrrole nitrogens is 1. The first-order chi connectivity index (χ1) is 15.6. The number of amides is 1. The Balaban J connectivity index is 1.61. The summed E-state index contributed by atoms with van der Waals surface area (Å²) in [7, 11) is 0. The lowest BCUT2D eigenvalue weighted by molar-refractivity contribution is -0.125. The quantitative estimate of drug-likeness (QED) is 0.383. The Labute approximate surface area is 189 Å². The average molecular weight is 429 g/mol. The van der Waals surface area contributed by atoms with Gasteiger partial charge in [0, 0.05) is 23.3 Å². The summed E-state index contributed by atoms with van der Waals surface area (Å²) >= 11 is 0. The molecule has 1 unspecified atom stereocenters. The van der Waals surface area contributed by atoms with E-state index in [-0.39, 0.29) is 11.9 Å². The molecule has 166 valence electrons. The summed E-state index contributed by atoms with van der Waals surface area (Å²) in [6.07, 6.45) is 8.58. The third-order valence-corrected chi connectivity index (χ3v) is 6.67. The van der Waals surface area contributed by atoms with E-state index in [4.69, 9.17) is 4.98 Å². The van der Waals surface area contributed by atoms with Crippen molar-refractivity contribution in [1.29, 1.82) is 0 Å². The smallest absolute Gasteiger partial charge is 0.243 e. The van der Waals surface area contributed by atoms with Crippen molar-refractivity contribution in [2.24, 2.45) is 5.92 Å². The van der Waals surface area contributed by atoms with Gasteiger partial charge in [0.1, 0.15) is 11.9 Å². The Morgan fingerprint density at radius 3 is 2.75 bits per heavy atom. The molecule has 5 rings (SSSR count). The Kier molecular flexibility index (Phi) is 5.73. The van der Waals surface area contributed by atoms with E-state index in [1.807, 2.05) is 24.4 Å². The number of hydrogen-bond donors (Lipinski definition) is 2. The van der Waals surface area contributed by atoms with Gasteiger partial charge in [0.15, 0.2) is 0 Å². The van der Waals surface area contributed by atoms with Crippen LogP contribution in [-0.4, -0.2) is 26.5 Å². The highest BCUT2D eigenvalue weighted by molar-refractivity contribution is 5.89. The fraction of sp³-hybridized carbons (Fsp3) is 0.407. The van der Waals surface area contributed by atoms with E-state index < -0.39 is 0 Å². The first kappa shape index (κ1) is 20.8. The largest absolute Gasteiger partial charge is 0.361 e. The van der Waals surface area contributed by atoms with Crippen molar-refractivity contribution in [2.75, 3.05) is 0 Å². The van der Waals surface area contributed by atoms with Gasteiger partial charge in [0.25, 0.3) is 0 Å². The van der Waals surface area contributed by atoms with E-state index >= 15 is 0 Å². The molecule has 2 aromatic carbocycles. The Morgan fingerprint density at radius 1 is 1.12 bits per heavy atom. The van der Waals surface area contributed by atoms with Crippen LogP contribution in [0.1, 0.15) is 58.4 Å². The van der Waals surface area contributed by atoms with E-state index in [0.29, 0.717) is 12.0 Å². The predicted octanol–water partition coefficient (Wildman–Crippen LogP) is 6.22. The van der Waals surface area contributed by atoms with Crippen molar-refractivity contribution in [3.63, 3.8) is 0 Å². The molecule has 1 fully saturated rings. The molecule has 1 amide bonds. The van der Waals surface area contributed by atoms with Crippen LogP contribution in [0.5, 0.6) is 0 Å². The summed E-state index contributed by atoms with van der Waals surface area (Å²) < 4.78 is 2.18. The molecule has 2 N–H and O–H groups in total. The molecule has 2 aromatic heterocycles. The molecule has 4 aromatic rings. The van der Waals surface area contributed by atoms with Gasteiger partial charge in [0.05, 0.1) is 11.0 Å². The average Bonchev–Trinajstić information content (AvgIpc) is 3.42. The van der Waals surface area contributed by atoms with E-state index in [2.05, 4.69) is 59.0 Å². The second kappa shape index (κ2) is 8.81. The van der Waals surface area contributed by atoms with Gasteiger partial charge in [-0.3, -0.25) is 4.79 Å². The molecule has 2 heterocycles. The van der Waals surface area contributed by atoms with Crippen molar-refractivity contribution in [3.05, 3.63) is 54.7 Å². The third kappa shape index (κ3) is 4.04. The molecule has 0 radical (unpaired) electrons. The first-order valence-electron chi connectivity index (χ1n) is 11.9. The SMILES string of the molecule is CC(C)CC(C(=O)NC1CCCCC1)n1c(-c2ccc3cc[nH]c3c2)nc2ccccc21. The topological polar surface area (TPSA) is 62.7 Å². The molecule has 5 nitrogen and oxygen atoms in total. The lowest BCUT2D eigenvalue weighted by atomic mass is 9.94. The number of fused-ring (bicyclic) bond motifs is 2. The number of carbonyl (C=O) groups excluding carboxylic acids is 1. The van der Waals surface area contributed by atoms with Crippen LogP contribution < -0.4 is 5.32 Å². The number of carbonyl (C=O) groups is 1. The fourth-order valence-corrected chi connectivity index (χ4v) is 5.07. The molecule has 0 spiro atoms. The van der Waals surface area contributed by atoms with Crippen LogP contribution >= 0.6 is 0 Å². The molecule has 0 aliphatic heterocycles. The van der Waals surface area contributed by atoms with E-state index in [1.165, 1.54) is 24.6 Å². The zero-order chi connectivity index (χ0) is 22.1. The number of aromatic nitrogens is 3. The van der Waals surface area contributed by atoms with E-state index in [1.54, 1.807) is 0 Å². The molecule has 1 aliphatic carbocycles. The Hall–Kier alpha value is -3.08. The summed E-state index contributed by atoms with van der Waals surface area (Å²) in [4.78, 5) is 22.0. The maximum atomic E-state index is 13.7. The molecule has 5 heteroatoms. The van der Waals surface area contributed by atoms with Crippen molar-refractivity contribution in [1.82, 2.24) is 19.9 Å². The minimum Gasteiger partial charge on any atom is -0.361 e. The van der Waals surface area contributed by atoms with Gasteiger partial charge in [-0.1, -0.05) is 57.4 Å². The Morgan fingerprint density at radius 2 is 1.94 bits per heavy atom. The number of nitrogens with one attached hydrogen (secondary N) is 2. The van der Waals surface area contributed by atoms with Crippen molar-refractivity contribution >= 4 is 27.8 Å². The van der Waals surface area contributed by atoms with Gasteiger partial charge in [-0.05, 0) is 54.8 Å². The van der Waals surface area contributed by atoms with Crippen molar-refractivity contribution < 1.29 is 4.79 Å². The minimum absolute atomic E-state index is 0.121. The standard InChI is InChI=1S/C27H32N4O/c1-18(2)16-25(27(32)29-21-8-4-3-5-9-21)31-24-11-7-6-10-22(24)30-26(31)20-13-12-19-14-15-28-23(19)17-20/h6-7,10-15,17-18,21,25,28H,3-5,8-9,16H2,1-2H3,(H,29,32). The highest BCUT2D eigenvalue weighted by Crippen LogP contribution is 2.33. The Bertz CT molecular complexity index is 1230. The van der Waals surface area contributed by atoms with Gasteiger partial charge in [-0.15, -0.1) is 0 Å². The molecular formula is C27H32N4O. The summed E-state index contributed by atoms with van der Waals surface area (Å²) in [6.45, 7) is 4.37. The normalized spacial score (nSPS) is 16.1. The lowest BCUT2D eigenvalue weighted by Gasteiger charge is -2.28. The lowest BCUT2D eigenvalue weighted by Crippen LogP contribution is -2.41. The molecule has 0 saturated heterocycles. The van der Waals surface area contributed by atoms with Gasteiger partial charge in [0.2, 0.25) is 5.91 Å². The molecule has 0 bridgehead atoms. The van der Waals surface area contributed by atoms with Crippen LogP contribution in [0.3, 0.4) is 0 Å². The highest BCUT2D eigenvalue weighted by Gasteiger charge is 2.29. The predicted molar refractivity (Wildman–Crippen MR) is 131 cm³/mol.